The topological polar surface area (TPSA) is 49.6 Å². The Kier molecular flexibility index (Phi) is 4.54. The van der Waals surface area contributed by atoms with Gasteiger partial charge in [-0.1, -0.05) is 6.92 Å². The SMILES string of the molecule is CCC(C)N(C)CCN1CC(N)CC1=O. The van der Waals surface area contributed by atoms with Crippen LogP contribution < -0.4 is 5.73 Å². The van der Waals surface area contributed by atoms with Crippen LogP contribution in [-0.2, 0) is 4.79 Å². The zero-order chi connectivity index (χ0) is 11.4. The van der Waals surface area contributed by atoms with Crippen LogP contribution in [0.4, 0.5) is 0 Å². The second-order valence-corrected chi connectivity index (χ2v) is 4.54. The molecule has 4 heteroatoms. The van der Waals surface area contributed by atoms with E-state index in [1.165, 1.54) is 0 Å². The van der Waals surface area contributed by atoms with Crippen molar-refractivity contribution in [3.8, 4) is 0 Å². The Morgan fingerprint density at radius 2 is 2.33 bits per heavy atom. The van der Waals surface area contributed by atoms with Crippen molar-refractivity contribution >= 4 is 5.91 Å². The number of amides is 1. The van der Waals surface area contributed by atoms with Gasteiger partial charge in [-0.3, -0.25) is 4.79 Å². The van der Waals surface area contributed by atoms with Crippen molar-refractivity contribution in [2.24, 2.45) is 5.73 Å². The van der Waals surface area contributed by atoms with E-state index < -0.39 is 0 Å². The largest absolute Gasteiger partial charge is 0.340 e. The van der Waals surface area contributed by atoms with Crippen molar-refractivity contribution in [2.45, 2.75) is 38.8 Å². The molecule has 1 amide bonds. The quantitative estimate of drug-likeness (QED) is 0.713. The van der Waals surface area contributed by atoms with Crippen LogP contribution in [-0.4, -0.2) is 54.5 Å². The smallest absolute Gasteiger partial charge is 0.224 e. The molecule has 0 radical (unpaired) electrons. The van der Waals surface area contributed by atoms with E-state index >= 15 is 0 Å². The molecule has 0 aromatic carbocycles. The second kappa shape index (κ2) is 5.47. The van der Waals surface area contributed by atoms with Crippen LogP contribution in [0.25, 0.3) is 0 Å². The molecule has 0 aliphatic carbocycles. The van der Waals surface area contributed by atoms with Crippen LogP contribution >= 0.6 is 0 Å². The molecule has 1 saturated heterocycles. The summed E-state index contributed by atoms with van der Waals surface area (Å²) in [5.41, 5.74) is 5.73. The van der Waals surface area contributed by atoms with Crippen molar-refractivity contribution in [2.75, 3.05) is 26.7 Å². The lowest BCUT2D eigenvalue weighted by molar-refractivity contribution is -0.127. The van der Waals surface area contributed by atoms with Crippen molar-refractivity contribution < 1.29 is 4.79 Å². The Bertz CT molecular complexity index is 220. The molecular formula is C11H23N3O. The summed E-state index contributed by atoms with van der Waals surface area (Å²) < 4.78 is 0. The Morgan fingerprint density at radius 3 is 2.80 bits per heavy atom. The fourth-order valence-electron chi connectivity index (χ4n) is 1.83. The lowest BCUT2D eigenvalue weighted by Gasteiger charge is -2.26. The highest BCUT2D eigenvalue weighted by Gasteiger charge is 2.26. The normalized spacial score (nSPS) is 23.9. The van der Waals surface area contributed by atoms with Crippen LogP contribution in [0.15, 0.2) is 0 Å². The molecule has 1 heterocycles. The second-order valence-electron chi connectivity index (χ2n) is 4.54. The number of hydrogen-bond donors (Lipinski definition) is 1. The van der Waals surface area contributed by atoms with E-state index in [2.05, 4.69) is 25.8 Å². The van der Waals surface area contributed by atoms with Crippen LogP contribution in [0.5, 0.6) is 0 Å². The minimum absolute atomic E-state index is 0.0476. The van der Waals surface area contributed by atoms with Crippen molar-refractivity contribution in [1.29, 1.82) is 0 Å². The highest BCUT2D eigenvalue weighted by atomic mass is 16.2. The lowest BCUT2D eigenvalue weighted by atomic mass is 10.2. The lowest BCUT2D eigenvalue weighted by Crippen LogP contribution is -2.38. The molecule has 88 valence electrons. The molecule has 0 aromatic heterocycles. The summed E-state index contributed by atoms with van der Waals surface area (Å²) in [7, 11) is 2.11. The van der Waals surface area contributed by atoms with Gasteiger partial charge in [-0.25, -0.2) is 0 Å². The summed E-state index contributed by atoms with van der Waals surface area (Å²) in [5, 5.41) is 0. The minimum Gasteiger partial charge on any atom is -0.340 e. The fourth-order valence-corrected chi connectivity index (χ4v) is 1.83. The molecule has 0 spiro atoms. The molecule has 2 unspecified atom stereocenters. The van der Waals surface area contributed by atoms with Gasteiger partial charge < -0.3 is 15.5 Å². The number of hydrogen-bond acceptors (Lipinski definition) is 3. The molecular weight excluding hydrogens is 190 g/mol. The Balaban J connectivity index is 2.28. The van der Waals surface area contributed by atoms with Gasteiger partial charge in [0.1, 0.15) is 0 Å². The molecule has 1 fully saturated rings. The van der Waals surface area contributed by atoms with Crippen LogP contribution in [0.1, 0.15) is 26.7 Å². The molecule has 0 aromatic rings. The third kappa shape index (κ3) is 3.47. The first-order valence-corrected chi connectivity index (χ1v) is 5.78. The van der Waals surface area contributed by atoms with Gasteiger partial charge in [0.2, 0.25) is 5.91 Å². The Labute approximate surface area is 92.4 Å². The maximum atomic E-state index is 11.5. The molecule has 0 saturated carbocycles. The number of carbonyl (C=O) groups is 1. The highest BCUT2D eigenvalue weighted by molar-refractivity contribution is 5.79. The van der Waals surface area contributed by atoms with Gasteiger partial charge in [-0.15, -0.1) is 0 Å². The van der Waals surface area contributed by atoms with Gasteiger partial charge in [0, 0.05) is 38.1 Å². The van der Waals surface area contributed by atoms with Gasteiger partial charge in [0.15, 0.2) is 0 Å². The molecule has 0 bridgehead atoms. The average Bonchev–Trinajstić information content (AvgIpc) is 2.52. The van der Waals surface area contributed by atoms with Gasteiger partial charge in [0.05, 0.1) is 0 Å². The monoisotopic (exact) mass is 213 g/mol. The van der Waals surface area contributed by atoms with E-state index in [1.54, 1.807) is 0 Å². The maximum absolute atomic E-state index is 11.5. The minimum atomic E-state index is 0.0476. The number of carbonyl (C=O) groups excluding carboxylic acids is 1. The van der Waals surface area contributed by atoms with Gasteiger partial charge in [-0.2, -0.15) is 0 Å². The first-order chi connectivity index (χ1) is 7.04. The summed E-state index contributed by atoms with van der Waals surface area (Å²) in [5.74, 6) is 0.208. The molecule has 2 N–H and O–H groups in total. The molecule has 1 aliphatic heterocycles. The van der Waals surface area contributed by atoms with Crippen molar-refractivity contribution in [1.82, 2.24) is 9.80 Å². The van der Waals surface area contributed by atoms with E-state index in [0.717, 1.165) is 26.1 Å². The van der Waals surface area contributed by atoms with E-state index in [-0.39, 0.29) is 11.9 Å². The molecule has 4 nitrogen and oxygen atoms in total. The summed E-state index contributed by atoms with van der Waals surface area (Å²) in [6.45, 7) is 6.86. The predicted octanol–water partition coefficient (Wildman–Crippen LogP) is 0.276. The molecule has 15 heavy (non-hydrogen) atoms. The first-order valence-electron chi connectivity index (χ1n) is 5.78. The van der Waals surface area contributed by atoms with Gasteiger partial charge >= 0.3 is 0 Å². The van der Waals surface area contributed by atoms with Crippen LogP contribution in [0.3, 0.4) is 0 Å². The molecule has 1 aliphatic rings. The maximum Gasteiger partial charge on any atom is 0.224 e. The predicted molar refractivity (Wildman–Crippen MR) is 61.6 cm³/mol. The summed E-state index contributed by atoms with van der Waals surface area (Å²) in [6.07, 6.45) is 1.66. The zero-order valence-electron chi connectivity index (χ0n) is 10.1. The Morgan fingerprint density at radius 1 is 1.67 bits per heavy atom. The third-order valence-corrected chi connectivity index (χ3v) is 3.31. The average molecular weight is 213 g/mol. The van der Waals surface area contributed by atoms with Crippen LogP contribution in [0.2, 0.25) is 0 Å². The highest BCUT2D eigenvalue weighted by Crippen LogP contribution is 2.09. The number of likely N-dealkylation sites (N-methyl/N-ethyl adjacent to an activating group) is 1. The zero-order valence-corrected chi connectivity index (χ0v) is 10.1. The standard InChI is InChI=1S/C11H23N3O/c1-4-9(2)13(3)5-6-14-8-10(12)7-11(14)15/h9-10H,4-8,12H2,1-3H3. The summed E-state index contributed by atoms with van der Waals surface area (Å²) >= 11 is 0. The number of nitrogens with two attached hydrogens (primary N) is 1. The summed E-state index contributed by atoms with van der Waals surface area (Å²) in [6, 6.07) is 0.628. The van der Waals surface area contributed by atoms with E-state index in [9.17, 15) is 4.79 Å². The van der Waals surface area contributed by atoms with E-state index in [4.69, 9.17) is 5.73 Å². The third-order valence-electron chi connectivity index (χ3n) is 3.31. The summed E-state index contributed by atoms with van der Waals surface area (Å²) in [4.78, 5) is 15.6. The number of rotatable bonds is 5. The van der Waals surface area contributed by atoms with Crippen molar-refractivity contribution in [3.63, 3.8) is 0 Å². The number of nitrogens with zero attached hydrogens (tertiary/aromatic N) is 2. The fraction of sp³-hybridized carbons (Fsp3) is 0.909. The van der Waals surface area contributed by atoms with Crippen LogP contribution in [0, 0.1) is 0 Å². The first kappa shape index (κ1) is 12.5. The van der Waals surface area contributed by atoms with E-state index in [0.29, 0.717) is 12.5 Å². The van der Waals surface area contributed by atoms with Crippen molar-refractivity contribution in [3.05, 3.63) is 0 Å². The van der Waals surface area contributed by atoms with E-state index in [1.807, 2.05) is 4.90 Å². The Hall–Kier alpha value is -0.610. The van der Waals surface area contributed by atoms with Gasteiger partial charge in [-0.05, 0) is 20.4 Å². The number of likely N-dealkylation sites (tertiary alicyclic amines) is 1. The molecule has 2 atom stereocenters. The molecule has 1 rings (SSSR count). The van der Waals surface area contributed by atoms with Gasteiger partial charge in [0.25, 0.3) is 0 Å².